The van der Waals surface area contributed by atoms with Crippen molar-refractivity contribution in [1.29, 1.82) is 0 Å². The second-order valence-corrected chi connectivity index (χ2v) is 6.86. The summed E-state index contributed by atoms with van der Waals surface area (Å²) in [5.74, 6) is -0.331. The lowest BCUT2D eigenvalue weighted by Gasteiger charge is -2.08. The van der Waals surface area contributed by atoms with Gasteiger partial charge in [0.1, 0.15) is 0 Å². The van der Waals surface area contributed by atoms with Gasteiger partial charge in [0.05, 0.1) is 22.8 Å². The molecule has 0 bridgehead atoms. The van der Waals surface area contributed by atoms with Crippen molar-refractivity contribution < 1.29 is 9.72 Å². The number of fused-ring (bicyclic) bond motifs is 1. The van der Waals surface area contributed by atoms with Gasteiger partial charge >= 0.3 is 0 Å². The smallest absolute Gasteiger partial charge is 0.273 e. The Balaban J connectivity index is 1.57. The van der Waals surface area contributed by atoms with Gasteiger partial charge in [-0.3, -0.25) is 14.9 Å². The van der Waals surface area contributed by atoms with E-state index in [0.29, 0.717) is 17.7 Å². The van der Waals surface area contributed by atoms with Gasteiger partial charge in [0.2, 0.25) is 0 Å². The number of rotatable bonds is 5. The Morgan fingerprint density at radius 1 is 1.18 bits per heavy atom. The molecule has 1 amide bonds. The second kappa shape index (κ2) is 7.26. The van der Waals surface area contributed by atoms with Gasteiger partial charge in [-0.15, -0.1) is 0 Å². The van der Waals surface area contributed by atoms with Gasteiger partial charge in [-0.1, -0.05) is 24.3 Å². The summed E-state index contributed by atoms with van der Waals surface area (Å²) in [6, 6.07) is 14.5. The fourth-order valence-corrected chi connectivity index (χ4v) is 3.77. The third-order valence-corrected chi connectivity index (χ3v) is 5.18. The number of nitro groups is 1. The molecule has 7 heteroatoms. The van der Waals surface area contributed by atoms with Crippen molar-refractivity contribution in [3.63, 3.8) is 0 Å². The number of aromatic nitrogens is 2. The molecule has 28 heavy (non-hydrogen) atoms. The zero-order chi connectivity index (χ0) is 19.7. The number of nitro benzene ring substituents is 1. The van der Waals surface area contributed by atoms with Crippen molar-refractivity contribution in [2.45, 2.75) is 32.7 Å². The zero-order valence-corrected chi connectivity index (χ0v) is 15.5. The maximum atomic E-state index is 12.6. The van der Waals surface area contributed by atoms with Gasteiger partial charge in [0.15, 0.2) is 0 Å². The average molecular weight is 376 g/mol. The summed E-state index contributed by atoms with van der Waals surface area (Å²) in [5.41, 5.74) is 4.88. The van der Waals surface area contributed by atoms with E-state index in [4.69, 9.17) is 5.10 Å². The van der Waals surface area contributed by atoms with Crippen LogP contribution in [0.25, 0.3) is 5.69 Å². The Bertz CT molecular complexity index is 1060. The van der Waals surface area contributed by atoms with Crippen molar-refractivity contribution in [2.24, 2.45) is 0 Å². The lowest BCUT2D eigenvalue weighted by molar-refractivity contribution is -0.385. The number of hydrogen-bond donors (Lipinski definition) is 1. The first-order chi connectivity index (χ1) is 13.6. The van der Waals surface area contributed by atoms with E-state index in [2.05, 4.69) is 5.32 Å². The number of carbonyl (C=O) groups is 1. The highest BCUT2D eigenvalue weighted by atomic mass is 16.6. The molecule has 0 atom stereocenters. The minimum Gasteiger partial charge on any atom is -0.346 e. The van der Waals surface area contributed by atoms with Crippen LogP contribution in [0.2, 0.25) is 0 Å². The van der Waals surface area contributed by atoms with E-state index in [0.717, 1.165) is 30.6 Å². The van der Waals surface area contributed by atoms with E-state index in [1.165, 1.54) is 23.4 Å². The quantitative estimate of drug-likeness (QED) is 0.545. The summed E-state index contributed by atoms with van der Waals surface area (Å²) in [6.45, 7) is 1.89. The van der Waals surface area contributed by atoms with E-state index < -0.39 is 4.92 Å². The highest BCUT2D eigenvalue weighted by Gasteiger charge is 2.24. The molecule has 0 saturated heterocycles. The van der Waals surface area contributed by atoms with Crippen LogP contribution in [0.15, 0.2) is 48.5 Å². The molecule has 0 spiro atoms. The summed E-state index contributed by atoms with van der Waals surface area (Å²) in [5, 5.41) is 18.7. The largest absolute Gasteiger partial charge is 0.346 e. The highest BCUT2D eigenvalue weighted by molar-refractivity contribution is 5.96. The fraction of sp³-hybridized carbons (Fsp3) is 0.238. The number of benzene rings is 2. The molecular weight excluding hydrogens is 356 g/mol. The molecule has 0 unspecified atom stereocenters. The monoisotopic (exact) mass is 376 g/mol. The van der Waals surface area contributed by atoms with E-state index in [1.807, 2.05) is 35.0 Å². The van der Waals surface area contributed by atoms with Crippen LogP contribution < -0.4 is 5.32 Å². The standard InChI is InChI=1S/C21H20N4O3/c1-14-16(9-5-11-19(14)25(27)28)21(26)22-13-18-17-10-6-12-20(17)24(23-18)15-7-3-2-4-8-15/h2-5,7-9,11H,6,10,12-13H2,1H3,(H,22,26). The van der Waals surface area contributed by atoms with Gasteiger partial charge in [0, 0.05) is 22.9 Å². The first-order valence-electron chi connectivity index (χ1n) is 9.23. The summed E-state index contributed by atoms with van der Waals surface area (Å²) in [6.07, 6.45) is 2.99. The third-order valence-electron chi connectivity index (χ3n) is 5.18. The summed E-state index contributed by atoms with van der Waals surface area (Å²) in [7, 11) is 0. The molecule has 0 saturated carbocycles. The predicted octanol–water partition coefficient (Wildman–Crippen LogP) is 3.51. The van der Waals surface area contributed by atoms with Gasteiger partial charge in [0.25, 0.3) is 11.6 Å². The molecule has 1 aliphatic carbocycles. The molecule has 3 aromatic rings. The van der Waals surface area contributed by atoms with E-state index in [9.17, 15) is 14.9 Å². The molecule has 2 aromatic carbocycles. The topological polar surface area (TPSA) is 90.1 Å². The van der Waals surface area contributed by atoms with Crippen LogP contribution in [0.3, 0.4) is 0 Å². The maximum absolute atomic E-state index is 12.6. The summed E-state index contributed by atoms with van der Waals surface area (Å²) in [4.78, 5) is 23.3. The summed E-state index contributed by atoms with van der Waals surface area (Å²) < 4.78 is 1.96. The Labute approximate surface area is 162 Å². The number of amides is 1. The molecule has 1 aliphatic rings. The minimum atomic E-state index is -0.472. The molecule has 4 rings (SSSR count). The number of carbonyl (C=O) groups excluding carboxylic acids is 1. The lowest BCUT2D eigenvalue weighted by atomic mass is 10.1. The SMILES string of the molecule is Cc1c(C(=O)NCc2nn(-c3ccccc3)c3c2CCC3)cccc1[N+](=O)[O-]. The molecular formula is C21H20N4O3. The van der Waals surface area contributed by atoms with Gasteiger partial charge < -0.3 is 5.32 Å². The number of hydrogen-bond acceptors (Lipinski definition) is 4. The molecule has 0 radical (unpaired) electrons. The lowest BCUT2D eigenvalue weighted by Crippen LogP contribution is -2.24. The summed E-state index contributed by atoms with van der Waals surface area (Å²) >= 11 is 0. The normalized spacial score (nSPS) is 12.6. The van der Waals surface area contributed by atoms with Crippen molar-refractivity contribution in [3.8, 4) is 5.69 Å². The van der Waals surface area contributed by atoms with E-state index >= 15 is 0 Å². The molecule has 1 N–H and O–H groups in total. The Morgan fingerprint density at radius 3 is 2.71 bits per heavy atom. The van der Waals surface area contributed by atoms with Crippen LogP contribution in [0.5, 0.6) is 0 Å². The number of para-hydroxylation sites is 1. The predicted molar refractivity (Wildman–Crippen MR) is 105 cm³/mol. The first-order valence-corrected chi connectivity index (χ1v) is 9.23. The second-order valence-electron chi connectivity index (χ2n) is 6.86. The minimum absolute atomic E-state index is 0.0538. The molecule has 0 aliphatic heterocycles. The zero-order valence-electron chi connectivity index (χ0n) is 15.5. The van der Waals surface area contributed by atoms with E-state index in [-0.39, 0.29) is 11.6 Å². The van der Waals surface area contributed by atoms with Crippen LogP contribution in [0, 0.1) is 17.0 Å². The molecule has 7 nitrogen and oxygen atoms in total. The van der Waals surface area contributed by atoms with Crippen molar-refractivity contribution in [1.82, 2.24) is 15.1 Å². The fourth-order valence-electron chi connectivity index (χ4n) is 3.77. The van der Waals surface area contributed by atoms with Gasteiger partial charge in [-0.05, 0) is 49.9 Å². The van der Waals surface area contributed by atoms with Crippen LogP contribution in [-0.4, -0.2) is 20.6 Å². The van der Waals surface area contributed by atoms with Crippen molar-refractivity contribution in [3.05, 3.63) is 86.7 Å². The Morgan fingerprint density at radius 2 is 1.96 bits per heavy atom. The third kappa shape index (κ3) is 3.15. The van der Waals surface area contributed by atoms with Gasteiger partial charge in [-0.2, -0.15) is 5.10 Å². The highest BCUT2D eigenvalue weighted by Crippen LogP contribution is 2.28. The molecule has 142 valence electrons. The first kappa shape index (κ1) is 17.9. The van der Waals surface area contributed by atoms with Crippen LogP contribution in [0.4, 0.5) is 5.69 Å². The van der Waals surface area contributed by atoms with Crippen molar-refractivity contribution in [2.75, 3.05) is 0 Å². The van der Waals surface area contributed by atoms with Crippen LogP contribution >= 0.6 is 0 Å². The van der Waals surface area contributed by atoms with Crippen LogP contribution in [-0.2, 0) is 19.4 Å². The number of nitrogens with one attached hydrogen (secondary N) is 1. The Hall–Kier alpha value is -3.48. The molecule has 0 fully saturated rings. The Kier molecular flexibility index (Phi) is 4.65. The molecule has 1 heterocycles. The van der Waals surface area contributed by atoms with E-state index in [1.54, 1.807) is 13.0 Å². The van der Waals surface area contributed by atoms with Crippen molar-refractivity contribution >= 4 is 11.6 Å². The van der Waals surface area contributed by atoms with Gasteiger partial charge in [-0.25, -0.2) is 4.68 Å². The average Bonchev–Trinajstić information content (AvgIpc) is 3.30. The molecule has 1 aromatic heterocycles. The maximum Gasteiger partial charge on any atom is 0.273 e. The number of nitrogens with zero attached hydrogens (tertiary/aromatic N) is 3. The van der Waals surface area contributed by atoms with Crippen LogP contribution in [0.1, 0.15) is 39.3 Å².